The molecule has 0 rings (SSSR count). The lowest BCUT2D eigenvalue weighted by molar-refractivity contribution is -0.131. The van der Waals surface area contributed by atoms with Gasteiger partial charge in [0.1, 0.15) is 10.1 Å². The summed E-state index contributed by atoms with van der Waals surface area (Å²) in [5.41, 5.74) is 0. The van der Waals surface area contributed by atoms with Crippen molar-refractivity contribution in [3.05, 3.63) is 10.1 Å². The minimum Gasteiger partial charge on any atom is -0.477 e. The van der Waals surface area contributed by atoms with E-state index < -0.39 is 16.0 Å². The van der Waals surface area contributed by atoms with Gasteiger partial charge in [0.05, 0.1) is 0 Å². The predicted octanol–water partition coefficient (Wildman–Crippen LogP) is 0.870. The van der Waals surface area contributed by atoms with Crippen molar-refractivity contribution in [3.8, 4) is 0 Å². The van der Waals surface area contributed by atoms with Crippen LogP contribution < -0.4 is 0 Å². The Morgan fingerprint density at radius 1 is 1.44 bits per heavy atom. The second kappa shape index (κ2) is 3.48. The molecule has 0 aliphatic rings. The van der Waals surface area contributed by atoms with Crippen LogP contribution in [0.3, 0.4) is 0 Å². The van der Waals surface area contributed by atoms with Crippen LogP contribution in [0.4, 0.5) is 0 Å². The van der Waals surface area contributed by atoms with Crippen LogP contribution in [0.5, 0.6) is 0 Å². The van der Waals surface area contributed by atoms with E-state index in [9.17, 15) is 9.59 Å². The number of carbonyl (C=O) groups excluding carboxylic acids is 1. The van der Waals surface area contributed by atoms with Crippen molar-refractivity contribution in [2.24, 2.45) is 0 Å². The van der Waals surface area contributed by atoms with Crippen LogP contribution in [0.15, 0.2) is 10.1 Å². The Hall–Kier alpha value is -0.540. The zero-order valence-electron chi connectivity index (χ0n) is 4.02. The molecule has 5 heteroatoms. The highest BCUT2D eigenvalue weighted by molar-refractivity contribution is 6.51. The van der Waals surface area contributed by atoms with Crippen molar-refractivity contribution < 1.29 is 14.7 Å². The van der Waals surface area contributed by atoms with Crippen molar-refractivity contribution in [3.63, 3.8) is 0 Å². The second-order valence-electron chi connectivity index (χ2n) is 1.04. The van der Waals surface area contributed by atoms with Crippen molar-refractivity contribution >= 4 is 35.5 Å². The fourth-order valence-corrected chi connectivity index (χ4v) is 0.258. The molecule has 0 aromatic heterocycles. The van der Waals surface area contributed by atoms with Crippen LogP contribution in [0.1, 0.15) is 0 Å². The maximum Gasteiger partial charge on any atom is 0.349 e. The molecule has 0 bridgehead atoms. The number of hydrogen-bond donors (Lipinski definition) is 1. The third-order valence-electron chi connectivity index (χ3n) is 0.470. The standard InChI is InChI=1S/C4HCl2O3/c5-2(1-7)3(6)4(8)9/h(H,8,9)/b3-2+. The van der Waals surface area contributed by atoms with E-state index in [1.165, 1.54) is 0 Å². The number of allylic oxidation sites excluding steroid dienone is 1. The Bertz CT molecular complexity index is 173. The van der Waals surface area contributed by atoms with E-state index >= 15 is 0 Å². The first-order valence-corrected chi connectivity index (χ1v) is 2.52. The van der Waals surface area contributed by atoms with Crippen LogP contribution >= 0.6 is 23.2 Å². The number of rotatable bonds is 2. The van der Waals surface area contributed by atoms with Gasteiger partial charge < -0.3 is 5.11 Å². The van der Waals surface area contributed by atoms with Gasteiger partial charge in [-0.3, -0.25) is 4.79 Å². The number of carbonyl (C=O) groups is 1. The summed E-state index contributed by atoms with van der Waals surface area (Å²) in [5.74, 6) is -1.44. The molecular weight excluding hydrogens is 167 g/mol. The smallest absolute Gasteiger partial charge is 0.349 e. The first-order valence-electron chi connectivity index (χ1n) is 1.76. The monoisotopic (exact) mass is 167 g/mol. The van der Waals surface area contributed by atoms with Crippen molar-refractivity contribution in [2.45, 2.75) is 0 Å². The van der Waals surface area contributed by atoms with E-state index in [1.807, 2.05) is 0 Å². The van der Waals surface area contributed by atoms with E-state index in [-0.39, 0.29) is 0 Å². The summed E-state index contributed by atoms with van der Waals surface area (Å²) in [6.45, 7) is 0. The summed E-state index contributed by atoms with van der Waals surface area (Å²) in [6.07, 6.45) is 1.13. The second-order valence-corrected chi connectivity index (χ2v) is 1.79. The van der Waals surface area contributed by atoms with Crippen molar-refractivity contribution in [1.82, 2.24) is 0 Å². The molecule has 0 aromatic rings. The maximum atomic E-state index is 9.85. The van der Waals surface area contributed by atoms with Gasteiger partial charge >= 0.3 is 5.97 Å². The molecule has 0 amide bonds. The molecule has 0 aliphatic heterocycles. The molecule has 0 aliphatic carbocycles. The normalized spacial score (nSPS) is 12.2. The van der Waals surface area contributed by atoms with Crippen molar-refractivity contribution in [2.75, 3.05) is 0 Å². The Morgan fingerprint density at radius 3 is 2.00 bits per heavy atom. The SMILES string of the molecule is O=[C]/C(Cl)=C(\Cl)C(=O)O. The zero-order chi connectivity index (χ0) is 7.44. The first-order chi connectivity index (χ1) is 4.09. The minimum absolute atomic E-state index is 0.621. The van der Waals surface area contributed by atoms with E-state index in [0.717, 1.165) is 6.29 Å². The number of aliphatic carboxylic acids is 1. The molecule has 3 nitrogen and oxygen atoms in total. The summed E-state index contributed by atoms with van der Waals surface area (Å²) < 4.78 is 0. The van der Waals surface area contributed by atoms with Gasteiger partial charge in [-0.1, -0.05) is 23.2 Å². The molecule has 0 aromatic carbocycles. The molecule has 0 saturated carbocycles. The van der Waals surface area contributed by atoms with Gasteiger partial charge in [-0.15, -0.1) is 0 Å². The van der Waals surface area contributed by atoms with Gasteiger partial charge in [0.25, 0.3) is 0 Å². The largest absolute Gasteiger partial charge is 0.477 e. The number of hydrogen-bond acceptors (Lipinski definition) is 2. The van der Waals surface area contributed by atoms with E-state index in [4.69, 9.17) is 28.3 Å². The molecule has 1 N–H and O–H groups in total. The Balaban J connectivity index is 4.47. The summed E-state index contributed by atoms with van der Waals surface area (Å²) in [4.78, 5) is 19.4. The van der Waals surface area contributed by atoms with Gasteiger partial charge in [0, 0.05) is 0 Å². The molecule has 49 valence electrons. The topological polar surface area (TPSA) is 54.4 Å². The lowest BCUT2D eigenvalue weighted by atomic mass is 10.5. The fraction of sp³-hybridized carbons (Fsp3) is 0. The molecule has 0 saturated heterocycles. The highest BCUT2D eigenvalue weighted by Crippen LogP contribution is 2.10. The zero-order valence-corrected chi connectivity index (χ0v) is 5.53. The number of carboxylic acid groups (broad SMARTS) is 1. The van der Waals surface area contributed by atoms with Gasteiger partial charge in [0.2, 0.25) is 6.29 Å². The highest BCUT2D eigenvalue weighted by atomic mass is 35.5. The van der Waals surface area contributed by atoms with Gasteiger partial charge in [-0.2, -0.15) is 0 Å². The quantitative estimate of drug-likeness (QED) is 0.622. The summed E-state index contributed by atoms with van der Waals surface area (Å²) in [6, 6.07) is 0. The average molecular weight is 168 g/mol. The Kier molecular flexibility index (Phi) is 3.27. The molecule has 0 fully saturated rings. The lowest BCUT2D eigenvalue weighted by Crippen LogP contribution is -1.96. The number of carboxylic acids is 1. The molecule has 9 heavy (non-hydrogen) atoms. The third kappa shape index (κ3) is 2.49. The molecule has 1 radical (unpaired) electrons. The first kappa shape index (κ1) is 8.46. The summed E-state index contributed by atoms with van der Waals surface area (Å²) in [5, 5.41) is 6.69. The van der Waals surface area contributed by atoms with Crippen LogP contribution in [0, 0.1) is 0 Å². The minimum atomic E-state index is -1.44. The fourth-order valence-electron chi connectivity index (χ4n) is 0.139. The van der Waals surface area contributed by atoms with Crippen LogP contribution in [-0.2, 0) is 9.59 Å². The van der Waals surface area contributed by atoms with Crippen molar-refractivity contribution in [1.29, 1.82) is 0 Å². The third-order valence-corrected chi connectivity index (χ3v) is 1.18. The Morgan fingerprint density at radius 2 is 1.89 bits per heavy atom. The highest BCUT2D eigenvalue weighted by Gasteiger charge is 2.08. The van der Waals surface area contributed by atoms with Gasteiger partial charge in [-0.05, 0) is 0 Å². The summed E-state index contributed by atoms with van der Waals surface area (Å²) in [7, 11) is 0. The molecular formula is C4HCl2O3. The Labute approximate surface area is 60.9 Å². The molecule has 0 atom stereocenters. The van der Waals surface area contributed by atoms with E-state index in [2.05, 4.69) is 0 Å². The maximum absolute atomic E-state index is 9.85. The van der Waals surface area contributed by atoms with Gasteiger partial charge in [0.15, 0.2) is 0 Å². The van der Waals surface area contributed by atoms with Crippen LogP contribution in [-0.4, -0.2) is 17.4 Å². The summed E-state index contributed by atoms with van der Waals surface area (Å²) >= 11 is 9.91. The number of halogens is 2. The van der Waals surface area contributed by atoms with E-state index in [1.54, 1.807) is 0 Å². The molecule has 0 unspecified atom stereocenters. The molecule has 0 spiro atoms. The lowest BCUT2D eigenvalue weighted by Gasteiger charge is -1.85. The van der Waals surface area contributed by atoms with Crippen LogP contribution in [0.25, 0.3) is 0 Å². The average Bonchev–Trinajstić information content (AvgIpc) is 1.84. The van der Waals surface area contributed by atoms with E-state index in [0.29, 0.717) is 0 Å². The van der Waals surface area contributed by atoms with Gasteiger partial charge in [-0.25, -0.2) is 4.79 Å². The predicted molar refractivity (Wildman–Crippen MR) is 32.1 cm³/mol. The molecule has 0 heterocycles. The van der Waals surface area contributed by atoms with Crippen LogP contribution in [0.2, 0.25) is 0 Å².